The van der Waals surface area contributed by atoms with Crippen molar-refractivity contribution in [3.63, 3.8) is 0 Å². The SMILES string of the molecule is O=C(c1cc(-c2ccc(Cl)cc2)on1)N1CCN(S(=O)(=O)c2ccccc2Cl)CC1. The molecule has 0 spiro atoms. The predicted molar refractivity (Wildman–Crippen MR) is 113 cm³/mol. The Balaban J connectivity index is 1.44. The van der Waals surface area contributed by atoms with E-state index in [0.717, 1.165) is 5.56 Å². The van der Waals surface area contributed by atoms with Gasteiger partial charge in [-0.25, -0.2) is 8.42 Å². The Labute approximate surface area is 183 Å². The van der Waals surface area contributed by atoms with Gasteiger partial charge in [-0.15, -0.1) is 0 Å². The number of hydrogen-bond acceptors (Lipinski definition) is 5. The van der Waals surface area contributed by atoms with Gasteiger partial charge in [-0.1, -0.05) is 40.5 Å². The van der Waals surface area contributed by atoms with Gasteiger partial charge in [0.1, 0.15) is 4.90 Å². The highest BCUT2D eigenvalue weighted by Gasteiger charge is 2.32. The lowest BCUT2D eigenvalue weighted by Gasteiger charge is -2.33. The van der Waals surface area contributed by atoms with Crippen molar-refractivity contribution < 1.29 is 17.7 Å². The van der Waals surface area contributed by atoms with E-state index in [1.54, 1.807) is 47.4 Å². The molecule has 1 amide bonds. The molecule has 156 valence electrons. The summed E-state index contributed by atoms with van der Waals surface area (Å²) >= 11 is 11.9. The fourth-order valence-corrected chi connectivity index (χ4v) is 5.25. The number of nitrogens with zero attached hydrogens (tertiary/aromatic N) is 3. The van der Waals surface area contributed by atoms with Crippen molar-refractivity contribution in [3.8, 4) is 11.3 Å². The minimum absolute atomic E-state index is 0.0653. The summed E-state index contributed by atoms with van der Waals surface area (Å²) in [5.74, 6) is 0.142. The fraction of sp³-hybridized carbons (Fsp3) is 0.200. The van der Waals surface area contributed by atoms with E-state index in [4.69, 9.17) is 27.7 Å². The molecule has 0 unspecified atom stereocenters. The Morgan fingerprint density at radius 3 is 2.30 bits per heavy atom. The van der Waals surface area contributed by atoms with E-state index < -0.39 is 10.0 Å². The molecule has 2 aromatic carbocycles. The van der Waals surface area contributed by atoms with Gasteiger partial charge in [-0.2, -0.15) is 4.31 Å². The lowest BCUT2D eigenvalue weighted by molar-refractivity contribution is 0.0687. The number of aromatic nitrogens is 1. The number of rotatable bonds is 4. The summed E-state index contributed by atoms with van der Waals surface area (Å²) in [4.78, 5) is 14.4. The molecule has 0 N–H and O–H groups in total. The van der Waals surface area contributed by atoms with E-state index in [9.17, 15) is 13.2 Å². The quantitative estimate of drug-likeness (QED) is 0.584. The third-order valence-electron chi connectivity index (χ3n) is 4.84. The predicted octanol–water partition coefficient (Wildman–Crippen LogP) is 3.80. The smallest absolute Gasteiger partial charge is 0.276 e. The summed E-state index contributed by atoms with van der Waals surface area (Å²) < 4.78 is 32.3. The topological polar surface area (TPSA) is 83.7 Å². The molecule has 30 heavy (non-hydrogen) atoms. The van der Waals surface area contributed by atoms with Gasteiger partial charge < -0.3 is 9.42 Å². The van der Waals surface area contributed by atoms with Crippen molar-refractivity contribution in [1.29, 1.82) is 0 Å². The first-order valence-electron chi connectivity index (χ1n) is 9.13. The number of benzene rings is 2. The lowest BCUT2D eigenvalue weighted by atomic mass is 10.1. The van der Waals surface area contributed by atoms with Crippen molar-refractivity contribution in [2.24, 2.45) is 0 Å². The Kier molecular flexibility index (Phi) is 5.84. The van der Waals surface area contributed by atoms with Gasteiger partial charge in [0.15, 0.2) is 11.5 Å². The molecular formula is C20H17Cl2N3O4S. The lowest BCUT2D eigenvalue weighted by Crippen LogP contribution is -2.50. The molecular weight excluding hydrogens is 449 g/mol. The maximum absolute atomic E-state index is 12.8. The maximum Gasteiger partial charge on any atom is 0.276 e. The van der Waals surface area contributed by atoms with Gasteiger partial charge in [0.05, 0.1) is 5.02 Å². The van der Waals surface area contributed by atoms with Gasteiger partial charge >= 0.3 is 0 Å². The number of carbonyl (C=O) groups is 1. The molecule has 4 rings (SSSR count). The van der Waals surface area contributed by atoms with Gasteiger partial charge in [0.2, 0.25) is 10.0 Å². The Morgan fingerprint density at radius 1 is 0.967 bits per heavy atom. The van der Waals surface area contributed by atoms with Crippen LogP contribution in [0, 0.1) is 0 Å². The van der Waals surface area contributed by atoms with E-state index in [2.05, 4.69) is 5.16 Å². The molecule has 0 radical (unpaired) electrons. The van der Waals surface area contributed by atoms with Crippen LogP contribution in [-0.4, -0.2) is 54.9 Å². The number of amides is 1. The van der Waals surface area contributed by atoms with Crippen LogP contribution < -0.4 is 0 Å². The third kappa shape index (κ3) is 4.09. The molecule has 1 fully saturated rings. The molecule has 10 heteroatoms. The molecule has 0 aliphatic carbocycles. The first kappa shape index (κ1) is 20.9. The van der Waals surface area contributed by atoms with Crippen molar-refractivity contribution in [2.75, 3.05) is 26.2 Å². The van der Waals surface area contributed by atoms with Crippen LogP contribution in [-0.2, 0) is 10.0 Å². The van der Waals surface area contributed by atoms with Crippen LogP contribution in [0.2, 0.25) is 10.0 Å². The number of halogens is 2. The summed E-state index contributed by atoms with van der Waals surface area (Å²) in [7, 11) is -3.72. The Bertz CT molecular complexity index is 1170. The summed E-state index contributed by atoms with van der Waals surface area (Å²) in [6.45, 7) is 0.819. The van der Waals surface area contributed by atoms with Gasteiger partial charge in [-0.05, 0) is 36.4 Å². The van der Waals surface area contributed by atoms with Gasteiger partial charge in [-0.3, -0.25) is 4.79 Å². The molecule has 0 saturated carbocycles. The molecule has 1 aliphatic heterocycles. The highest BCUT2D eigenvalue weighted by atomic mass is 35.5. The third-order valence-corrected chi connectivity index (χ3v) is 7.49. The second-order valence-electron chi connectivity index (χ2n) is 6.71. The van der Waals surface area contributed by atoms with E-state index in [1.807, 2.05) is 0 Å². The number of hydrogen-bond donors (Lipinski definition) is 0. The molecule has 3 aromatic rings. The largest absolute Gasteiger partial charge is 0.355 e. The average molecular weight is 466 g/mol. The fourth-order valence-electron chi connectivity index (χ4n) is 3.21. The second kappa shape index (κ2) is 8.39. The molecule has 1 aliphatic rings. The standard InChI is InChI=1S/C20H17Cl2N3O4S/c21-15-7-5-14(6-8-15)18-13-17(23-29-18)20(26)24-9-11-25(12-10-24)30(27,28)19-4-2-1-3-16(19)22/h1-8,13H,9-12H2. The summed E-state index contributed by atoms with van der Waals surface area (Å²) in [5, 5.41) is 4.64. The van der Waals surface area contributed by atoms with Crippen molar-refractivity contribution in [1.82, 2.24) is 14.4 Å². The first-order valence-corrected chi connectivity index (χ1v) is 11.3. The molecule has 1 saturated heterocycles. The molecule has 2 heterocycles. The van der Waals surface area contributed by atoms with Gasteiger partial charge in [0.25, 0.3) is 5.91 Å². The van der Waals surface area contributed by atoms with E-state index >= 15 is 0 Å². The average Bonchev–Trinajstić information content (AvgIpc) is 3.24. The molecule has 0 atom stereocenters. The van der Waals surface area contributed by atoms with Crippen LogP contribution in [0.4, 0.5) is 0 Å². The summed E-state index contributed by atoms with van der Waals surface area (Å²) in [5.41, 5.74) is 0.920. The van der Waals surface area contributed by atoms with Crippen LogP contribution in [0.15, 0.2) is 64.0 Å². The van der Waals surface area contributed by atoms with Crippen LogP contribution in [0.3, 0.4) is 0 Å². The summed E-state index contributed by atoms with van der Waals surface area (Å²) in [6.07, 6.45) is 0. The molecule has 1 aromatic heterocycles. The van der Waals surface area contributed by atoms with E-state index in [0.29, 0.717) is 10.8 Å². The van der Waals surface area contributed by atoms with Crippen LogP contribution in [0.1, 0.15) is 10.5 Å². The van der Waals surface area contributed by atoms with E-state index in [1.165, 1.54) is 16.4 Å². The Morgan fingerprint density at radius 2 is 1.63 bits per heavy atom. The van der Waals surface area contributed by atoms with Gasteiger partial charge in [0, 0.05) is 42.8 Å². The van der Waals surface area contributed by atoms with Crippen LogP contribution in [0.5, 0.6) is 0 Å². The number of piperazine rings is 1. The van der Waals surface area contributed by atoms with E-state index in [-0.39, 0.29) is 47.7 Å². The zero-order chi connectivity index (χ0) is 21.3. The van der Waals surface area contributed by atoms with Crippen molar-refractivity contribution in [2.45, 2.75) is 4.90 Å². The number of sulfonamides is 1. The number of carbonyl (C=O) groups excluding carboxylic acids is 1. The normalized spacial score (nSPS) is 15.3. The monoisotopic (exact) mass is 465 g/mol. The highest BCUT2D eigenvalue weighted by molar-refractivity contribution is 7.89. The Hall–Kier alpha value is -2.39. The minimum atomic E-state index is -3.72. The van der Waals surface area contributed by atoms with Crippen molar-refractivity contribution in [3.05, 3.63) is 70.3 Å². The zero-order valence-electron chi connectivity index (χ0n) is 15.7. The molecule has 0 bridgehead atoms. The zero-order valence-corrected chi connectivity index (χ0v) is 18.0. The summed E-state index contributed by atoms with van der Waals surface area (Å²) in [6, 6.07) is 14.9. The maximum atomic E-state index is 12.8. The van der Waals surface area contributed by atoms with Crippen LogP contribution >= 0.6 is 23.2 Å². The minimum Gasteiger partial charge on any atom is -0.355 e. The first-order chi connectivity index (χ1) is 14.4. The second-order valence-corrected chi connectivity index (χ2v) is 9.46. The molecule has 7 nitrogen and oxygen atoms in total. The van der Waals surface area contributed by atoms with Crippen molar-refractivity contribution >= 4 is 39.1 Å². The highest BCUT2D eigenvalue weighted by Crippen LogP contribution is 2.26. The van der Waals surface area contributed by atoms with Crippen LogP contribution in [0.25, 0.3) is 11.3 Å².